The van der Waals surface area contributed by atoms with Crippen LogP contribution in [0.3, 0.4) is 0 Å². The lowest BCUT2D eigenvalue weighted by Gasteiger charge is -2.22. The van der Waals surface area contributed by atoms with E-state index in [9.17, 15) is 19.8 Å². The molecular weight excluding hydrogens is 767 g/mol. The van der Waals surface area contributed by atoms with E-state index in [0.29, 0.717) is 25.9 Å². The minimum absolute atomic E-state index is 0.0348. The number of rotatable bonds is 52. The van der Waals surface area contributed by atoms with Crippen LogP contribution in [-0.2, 0) is 14.3 Å². The molecule has 0 aliphatic carbocycles. The average molecular weight is 876 g/mol. The number of carbonyl (C=O) groups is 2. The molecule has 2 atom stereocenters. The SMILES string of the molecule is CCCC/C=C\CCCCCCCC(=O)OCCCCCCCCCCCC(=O)NC(CO)C(O)CCCCCCCCCCCCCCCCCCCCCCCCCCC. The number of esters is 1. The molecule has 0 saturated heterocycles. The maximum absolute atomic E-state index is 12.5. The highest BCUT2D eigenvalue weighted by Gasteiger charge is 2.20. The number of amides is 1. The predicted octanol–water partition coefficient (Wildman–Crippen LogP) is 16.9. The van der Waals surface area contributed by atoms with Crippen molar-refractivity contribution in [3.63, 3.8) is 0 Å². The van der Waals surface area contributed by atoms with Gasteiger partial charge in [-0.25, -0.2) is 0 Å². The molecule has 0 aromatic carbocycles. The molecule has 368 valence electrons. The molecule has 0 bridgehead atoms. The Morgan fingerprint density at radius 1 is 0.435 bits per heavy atom. The molecule has 0 saturated carbocycles. The lowest BCUT2D eigenvalue weighted by Crippen LogP contribution is -2.45. The summed E-state index contributed by atoms with van der Waals surface area (Å²) >= 11 is 0. The molecule has 0 aliphatic heterocycles. The molecule has 0 fully saturated rings. The lowest BCUT2D eigenvalue weighted by molar-refractivity contribution is -0.143. The Labute approximate surface area is 387 Å². The molecule has 0 radical (unpaired) electrons. The molecule has 3 N–H and O–H groups in total. The fourth-order valence-corrected chi connectivity index (χ4v) is 8.74. The van der Waals surface area contributed by atoms with Crippen molar-refractivity contribution in [2.75, 3.05) is 13.2 Å². The highest BCUT2D eigenvalue weighted by Crippen LogP contribution is 2.17. The van der Waals surface area contributed by atoms with Crippen molar-refractivity contribution in [2.24, 2.45) is 0 Å². The summed E-state index contributed by atoms with van der Waals surface area (Å²) in [4.78, 5) is 24.5. The van der Waals surface area contributed by atoms with Gasteiger partial charge in [-0.15, -0.1) is 0 Å². The highest BCUT2D eigenvalue weighted by atomic mass is 16.5. The molecule has 6 nitrogen and oxygen atoms in total. The van der Waals surface area contributed by atoms with Crippen molar-refractivity contribution in [1.29, 1.82) is 0 Å². The first-order valence-corrected chi connectivity index (χ1v) is 27.9. The van der Waals surface area contributed by atoms with Gasteiger partial charge in [-0.3, -0.25) is 9.59 Å². The van der Waals surface area contributed by atoms with Crippen LogP contribution in [0.1, 0.15) is 309 Å². The topological polar surface area (TPSA) is 95.9 Å². The number of aliphatic hydroxyl groups is 2. The van der Waals surface area contributed by atoms with Crippen molar-refractivity contribution in [2.45, 2.75) is 321 Å². The van der Waals surface area contributed by atoms with Gasteiger partial charge in [0.15, 0.2) is 0 Å². The average Bonchev–Trinajstić information content (AvgIpc) is 3.27. The summed E-state index contributed by atoms with van der Waals surface area (Å²) < 4.78 is 5.43. The molecule has 0 aromatic rings. The second-order valence-electron chi connectivity index (χ2n) is 19.3. The van der Waals surface area contributed by atoms with E-state index in [4.69, 9.17) is 4.74 Å². The Morgan fingerprint density at radius 2 is 0.774 bits per heavy atom. The van der Waals surface area contributed by atoms with Crippen molar-refractivity contribution >= 4 is 11.9 Å². The third-order valence-electron chi connectivity index (χ3n) is 13.1. The molecule has 0 rings (SSSR count). The van der Waals surface area contributed by atoms with Gasteiger partial charge in [-0.2, -0.15) is 0 Å². The van der Waals surface area contributed by atoms with Gasteiger partial charge in [0, 0.05) is 12.8 Å². The Bertz CT molecular complexity index is 924. The summed E-state index contributed by atoms with van der Waals surface area (Å²) in [6.07, 6.45) is 60.6. The summed E-state index contributed by atoms with van der Waals surface area (Å²) in [6, 6.07) is -0.562. The van der Waals surface area contributed by atoms with E-state index in [0.717, 1.165) is 57.8 Å². The standard InChI is InChI=1S/C56H109NO5/c1-3-5-7-9-11-13-15-16-17-18-19-20-21-22-23-24-25-26-27-28-30-32-36-40-44-48-54(59)53(52-58)57-55(60)49-45-41-37-33-31-35-39-43-47-51-62-56(61)50-46-42-38-34-29-14-12-10-8-6-4-2/h10,12,53-54,58-59H,3-9,11,13-52H2,1-2H3,(H,57,60)/b12-10-. The molecule has 1 amide bonds. The van der Waals surface area contributed by atoms with Crippen LogP contribution in [0.5, 0.6) is 0 Å². The number of carbonyl (C=O) groups excluding carboxylic acids is 2. The van der Waals surface area contributed by atoms with E-state index < -0.39 is 12.1 Å². The molecule has 0 aromatic heterocycles. The monoisotopic (exact) mass is 876 g/mol. The summed E-state index contributed by atoms with van der Waals surface area (Å²) in [6.45, 7) is 4.87. The van der Waals surface area contributed by atoms with Crippen LogP contribution in [0.2, 0.25) is 0 Å². The van der Waals surface area contributed by atoms with Crippen LogP contribution in [0.15, 0.2) is 12.2 Å². The van der Waals surface area contributed by atoms with Gasteiger partial charge in [0.05, 0.1) is 25.4 Å². The van der Waals surface area contributed by atoms with Gasteiger partial charge in [0.1, 0.15) is 0 Å². The zero-order chi connectivity index (χ0) is 45.1. The summed E-state index contributed by atoms with van der Waals surface area (Å²) in [5.74, 6) is -0.0948. The van der Waals surface area contributed by atoms with Crippen LogP contribution in [0.25, 0.3) is 0 Å². The first kappa shape index (κ1) is 60.6. The van der Waals surface area contributed by atoms with Gasteiger partial charge in [-0.1, -0.05) is 264 Å². The molecule has 2 unspecified atom stereocenters. The highest BCUT2D eigenvalue weighted by molar-refractivity contribution is 5.76. The van der Waals surface area contributed by atoms with Gasteiger partial charge in [0.25, 0.3) is 0 Å². The largest absolute Gasteiger partial charge is 0.466 e. The number of nitrogens with one attached hydrogen (secondary N) is 1. The number of hydrogen-bond acceptors (Lipinski definition) is 5. The van der Waals surface area contributed by atoms with Gasteiger partial charge in [0.2, 0.25) is 5.91 Å². The van der Waals surface area contributed by atoms with E-state index in [1.54, 1.807) is 0 Å². The van der Waals surface area contributed by atoms with Crippen LogP contribution in [0, 0.1) is 0 Å². The van der Waals surface area contributed by atoms with E-state index in [-0.39, 0.29) is 18.5 Å². The van der Waals surface area contributed by atoms with Crippen LogP contribution in [0.4, 0.5) is 0 Å². The van der Waals surface area contributed by atoms with Crippen molar-refractivity contribution in [1.82, 2.24) is 5.32 Å². The zero-order valence-corrected chi connectivity index (χ0v) is 41.9. The number of unbranched alkanes of at least 4 members (excludes halogenated alkanes) is 39. The number of allylic oxidation sites excluding steroid dienone is 2. The van der Waals surface area contributed by atoms with Gasteiger partial charge < -0.3 is 20.3 Å². The minimum atomic E-state index is -0.682. The first-order valence-electron chi connectivity index (χ1n) is 27.9. The smallest absolute Gasteiger partial charge is 0.305 e. The van der Waals surface area contributed by atoms with Crippen LogP contribution >= 0.6 is 0 Å². The first-order chi connectivity index (χ1) is 30.5. The Balaban J connectivity index is 3.46. The molecular formula is C56H109NO5. The predicted molar refractivity (Wildman–Crippen MR) is 269 cm³/mol. The van der Waals surface area contributed by atoms with Gasteiger partial charge >= 0.3 is 5.97 Å². The lowest BCUT2D eigenvalue weighted by atomic mass is 10.0. The maximum atomic E-state index is 12.5. The normalized spacial score (nSPS) is 12.6. The van der Waals surface area contributed by atoms with Crippen LogP contribution < -0.4 is 5.32 Å². The van der Waals surface area contributed by atoms with E-state index in [1.165, 1.54) is 218 Å². The minimum Gasteiger partial charge on any atom is -0.466 e. The van der Waals surface area contributed by atoms with Crippen molar-refractivity contribution in [3.8, 4) is 0 Å². The zero-order valence-electron chi connectivity index (χ0n) is 41.9. The van der Waals surface area contributed by atoms with Crippen molar-refractivity contribution in [3.05, 3.63) is 12.2 Å². The van der Waals surface area contributed by atoms with E-state index in [1.807, 2.05) is 0 Å². The maximum Gasteiger partial charge on any atom is 0.305 e. The van der Waals surface area contributed by atoms with Crippen LogP contribution in [-0.4, -0.2) is 47.4 Å². The van der Waals surface area contributed by atoms with E-state index >= 15 is 0 Å². The summed E-state index contributed by atoms with van der Waals surface area (Å²) in [5.41, 5.74) is 0. The summed E-state index contributed by atoms with van der Waals surface area (Å²) in [7, 11) is 0. The van der Waals surface area contributed by atoms with Gasteiger partial charge in [-0.05, 0) is 44.9 Å². The third-order valence-corrected chi connectivity index (χ3v) is 13.1. The molecule has 62 heavy (non-hydrogen) atoms. The fraction of sp³-hybridized carbons (Fsp3) is 0.929. The van der Waals surface area contributed by atoms with E-state index in [2.05, 4.69) is 31.3 Å². The Hall–Kier alpha value is -1.40. The summed E-state index contributed by atoms with van der Waals surface area (Å²) in [5, 5.41) is 23.3. The quantitative estimate of drug-likeness (QED) is 0.0321. The molecule has 0 spiro atoms. The third kappa shape index (κ3) is 48.1. The number of ether oxygens (including phenoxy) is 1. The Kier molecular flexibility index (Phi) is 51.0. The molecule has 6 heteroatoms. The van der Waals surface area contributed by atoms with Crippen molar-refractivity contribution < 1.29 is 24.5 Å². The second-order valence-corrected chi connectivity index (χ2v) is 19.3. The molecule has 0 heterocycles. The number of aliphatic hydroxyl groups excluding tert-OH is 2. The fourth-order valence-electron chi connectivity index (χ4n) is 8.74. The Morgan fingerprint density at radius 3 is 1.19 bits per heavy atom. The molecule has 0 aliphatic rings. The second kappa shape index (κ2) is 52.2. The number of hydrogen-bond donors (Lipinski definition) is 3.